The Labute approximate surface area is 105 Å². The van der Waals surface area contributed by atoms with Crippen LogP contribution in [0.25, 0.3) is 5.76 Å². The SMILES string of the molecule is CC1(C)OC=C(c2ccc3c(c2)OCCC3=O)O1. The van der Waals surface area contributed by atoms with Crippen LogP contribution in [-0.2, 0) is 9.47 Å². The van der Waals surface area contributed by atoms with E-state index in [1.54, 1.807) is 12.3 Å². The molecular weight excluding hydrogens is 232 g/mol. The number of benzene rings is 1. The third-order valence-corrected chi connectivity index (χ3v) is 2.96. The minimum atomic E-state index is -0.637. The van der Waals surface area contributed by atoms with E-state index >= 15 is 0 Å². The quantitative estimate of drug-likeness (QED) is 0.764. The lowest BCUT2D eigenvalue weighted by atomic mass is 10.0. The molecule has 0 aromatic heterocycles. The normalized spacial score (nSPS) is 20.3. The third kappa shape index (κ3) is 1.83. The van der Waals surface area contributed by atoms with E-state index in [9.17, 15) is 4.79 Å². The minimum Gasteiger partial charge on any atom is -0.492 e. The van der Waals surface area contributed by atoms with Crippen molar-refractivity contribution in [2.45, 2.75) is 26.1 Å². The molecule has 18 heavy (non-hydrogen) atoms. The van der Waals surface area contributed by atoms with Crippen LogP contribution in [0.15, 0.2) is 24.5 Å². The van der Waals surface area contributed by atoms with Gasteiger partial charge in [0.05, 0.1) is 12.2 Å². The van der Waals surface area contributed by atoms with Crippen LogP contribution in [-0.4, -0.2) is 18.2 Å². The Hall–Kier alpha value is -1.97. The standard InChI is InChI=1S/C14H14O4/c1-14(2)17-8-13(18-14)9-3-4-10-11(15)5-6-16-12(10)7-9/h3-4,7-8H,5-6H2,1-2H3. The number of rotatable bonds is 1. The maximum Gasteiger partial charge on any atom is 0.245 e. The Morgan fingerprint density at radius 2 is 2.11 bits per heavy atom. The van der Waals surface area contributed by atoms with E-state index in [0.717, 1.165) is 5.56 Å². The lowest BCUT2D eigenvalue weighted by Crippen LogP contribution is -2.20. The van der Waals surface area contributed by atoms with Gasteiger partial charge in [0.25, 0.3) is 0 Å². The van der Waals surface area contributed by atoms with Gasteiger partial charge in [0.2, 0.25) is 5.79 Å². The Morgan fingerprint density at radius 3 is 2.83 bits per heavy atom. The van der Waals surface area contributed by atoms with Gasteiger partial charge >= 0.3 is 0 Å². The molecule has 0 spiro atoms. The van der Waals surface area contributed by atoms with Gasteiger partial charge in [-0.25, -0.2) is 0 Å². The second kappa shape index (κ2) is 3.77. The zero-order valence-corrected chi connectivity index (χ0v) is 10.4. The lowest BCUT2D eigenvalue weighted by Gasteiger charge is -2.19. The van der Waals surface area contributed by atoms with Crippen LogP contribution in [0.3, 0.4) is 0 Å². The molecule has 0 fully saturated rings. The van der Waals surface area contributed by atoms with E-state index in [1.165, 1.54) is 0 Å². The van der Waals surface area contributed by atoms with E-state index < -0.39 is 5.79 Å². The summed E-state index contributed by atoms with van der Waals surface area (Å²) in [6, 6.07) is 5.45. The molecule has 0 radical (unpaired) electrons. The fourth-order valence-corrected chi connectivity index (χ4v) is 2.05. The minimum absolute atomic E-state index is 0.126. The topological polar surface area (TPSA) is 44.8 Å². The van der Waals surface area contributed by atoms with Crippen molar-refractivity contribution in [2.75, 3.05) is 6.61 Å². The molecule has 0 N–H and O–H groups in total. The van der Waals surface area contributed by atoms with E-state index in [4.69, 9.17) is 14.2 Å². The predicted molar refractivity (Wildman–Crippen MR) is 65.1 cm³/mol. The highest BCUT2D eigenvalue weighted by Gasteiger charge is 2.29. The highest BCUT2D eigenvalue weighted by Crippen LogP contribution is 2.34. The summed E-state index contributed by atoms with van der Waals surface area (Å²) in [7, 11) is 0. The maximum atomic E-state index is 11.7. The van der Waals surface area contributed by atoms with Gasteiger partial charge in [0, 0.05) is 25.8 Å². The molecule has 4 heteroatoms. The average Bonchev–Trinajstić information content (AvgIpc) is 2.70. The number of fused-ring (bicyclic) bond motifs is 1. The van der Waals surface area contributed by atoms with Crippen molar-refractivity contribution in [3.05, 3.63) is 35.6 Å². The molecule has 2 aliphatic rings. The van der Waals surface area contributed by atoms with Crippen molar-refractivity contribution in [3.8, 4) is 5.75 Å². The van der Waals surface area contributed by atoms with Crippen LogP contribution in [0.4, 0.5) is 0 Å². The molecule has 0 aliphatic carbocycles. The molecule has 94 valence electrons. The summed E-state index contributed by atoms with van der Waals surface area (Å²) in [5.74, 6) is 0.769. The molecule has 2 aliphatic heterocycles. The molecule has 0 bridgehead atoms. The summed E-state index contributed by atoms with van der Waals surface area (Å²) in [4.78, 5) is 11.7. The van der Waals surface area contributed by atoms with Gasteiger partial charge in [-0.2, -0.15) is 0 Å². The predicted octanol–water partition coefficient (Wildman–Crippen LogP) is 2.73. The highest BCUT2D eigenvalue weighted by atomic mass is 16.7. The van der Waals surface area contributed by atoms with Gasteiger partial charge < -0.3 is 14.2 Å². The summed E-state index contributed by atoms with van der Waals surface area (Å²) in [5.41, 5.74) is 1.50. The molecule has 1 aromatic rings. The van der Waals surface area contributed by atoms with Crippen molar-refractivity contribution >= 4 is 11.5 Å². The first kappa shape index (κ1) is 11.1. The number of carbonyl (C=O) groups excluding carboxylic acids is 1. The Kier molecular flexibility index (Phi) is 2.33. The summed E-state index contributed by atoms with van der Waals surface area (Å²) in [6.07, 6.45) is 2.04. The zero-order valence-electron chi connectivity index (χ0n) is 10.4. The monoisotopic (exact) mass is 246 g/mol. The van der Waals surface area contributed by atoms with E-state index in [-0.39, 0.29) is 5.78 Å². The Bertz CT molecular complexity index is 543. The average molecular weight is 246 g/mol. The van der Waals surface area contributed by atoms with Crippen LogP contribution in [0.2, 0.25) is 0 Å². The second-order valence-corrected chi connectivity index (χ2v) is 4.83. The summed E-state index contributed by atoms with van der Waals surface area (Å²) in [5, 5.41) is 0. The van der Waals surface area contributed by atoms with Gasteiger partial charge in [0.15, 0.2) is 11.5 Å². The summed E-state index contributed by atoms with van der Waals surface area (Å²) in [6.45, 7) is 4.13. The van der Waals surface area contributed by atoms with Crippen LogP contribution < -0.4 is 4.74 Å². The van der Waals surface area contributed by atoms with Gasteiger partial charge in [-0.05, 0) is 12.1 Å². The molecule has 1 aromatic carbocycles. The van der Waals surface area contributed by atoms with Crippen molar-refractivity contribution in [3.63, 3.8) is 0 Å². The molecule has 0 atom stereocenters. The van der Waals surface area contributed by atoms with Crippen LogP contribution in [0, 0.1) is 0 Å². The molecule has 0 amide bonds. The van der Waals surface area contributed by atoms with Gasteiger partial charge in [-0.1, -0.05) is 6.07 Å². The Morgan fingerprint density at radius 1 is 1.28 bits per heavy atom. The first-order valence-electron chi connectivity index (χ1n) is 5.93. The van der Waals surface area contributed by atoms with Crippen LogP contribution >= 0.6 is 0 Å². The summed E-state index contributed by atoms with van der Waals surface area (Å²) >= 11 is 0. The Balaban J connectivity index is 1.94. The van der Waals surface area contributed by atoms with Gasteiger partial charge in [0.1, 0.15) is 12.0 Å². The number of hydrogen-bond donors (Lipinski definition) is 0. The smallest absolute Gasteiger partial charge is 0.245 e. The molecule has 4 nitrogen and oxygen atoms in total. The van der Waals surface area contributed by atoms with Crippen molar-refractivity contribution < 1.29 is 19.0 Å². The second-order valence-electron chi connectivity index (χ2n) is 4.83. The lowest BCUT2D eigenvalue weighted by molar-refractivity contribution is -0.102. The molecule has 0 unspecified atom stereocenters. The van der Waals surface area contributed by atoms with Crippen molar-refractivity contribution in [2.24, 2.45) is 0 Å². The van der Waals surface area contributed by atoms with E-state index in [0.29, 0.717) is 30.1 Å². The number of hydrogen-bond acceptors (Lipinski definition) is 4. The first-order valence-corrected chi connectivity index (χ1v) is 5.93. The van der Waals surface area contributed by atoms with Crippen LogP contribution in [0.1, 0.15) is 36.2 Å². The largest absolute Gasteiger partial charge is 0.492 e. The third-order valence-electron chi connectivity index (χ3n) is 2.96. The number of ether oxygens (including phenoxy) is 3. The van der Waals surface area contributed by atoms with Crippen molar-refractivity contribution in [1.29, 1.82) is 0 Å². The van der Waals surface area contributed by atoms with Gasteiger partial charge in [-0.15, -0.1) is 0 Å². The highest BCUT2D eigenvalue weighted by molar-refractivity contribution is 5.99. The van der Waals surface area contributed by atoms with E-state index in [2.05, 4.69) is 0 Å². The summed E-state index contributed by atoms with van der Waals surface area (Å²) < 4.78 is 16.5. The maximum absolute atomic E-state index is 11.7. The van der Waals surface area contributed by atoms with Crippen LogP contribution in [0.5, 0.6) is 5.75 Å². The zero-order chi connectivity index (χ0) is 12.8. The molecule has 0 saturated carbocycles. The molecule has 0 saturated heterocycles. The number of carbonyl (C=O) groups is 1. The fourth-order valence-electron chi connectivity index (χ4n) is 2.05. The van der Waals surface area contributed by atoms with Gasteiger partial charge in [-0.3, -0.25) is 4.79 Å². The van der Waals surface area contributed by atoms with Crippen molar-refractivity contribution in [1.82, 2.24) is 0 Å². The molecule has 3 rings (SSSR count). The molecular formula is C14H14O4. The molecule has 2 heterocycles. The number of Topliss-reactive ketones (excluding diaryl/α,β-unsaturated/α-hetero) is 1. The first-order chi connectivity index (χ1) is 8.55. The fraction of sp³-hybridized carbons (Fsp3) is 0.357. The number of ketones is 1. The van der Waals surface area contributed by atoms with E-state index in [1.807, 2.05) is 26.0 Å².